The number of hydrogen-bond acceptors (Lipinski definition) is 5. The van der Waals surface area contributed by atoms with Crippen LogP contribution in [0.4, 0.5) is 5.69 Å². The predicted molar refractivity (Wildman–Crippen MR) is 130 cm³/mol. The summed E-state index contributed by atoms with van der Waals surface area (Å²) in [5, 5.41) is 16.9. The molecule has 0 bridgehead atoms. The molecule has 0 aliphatic carbocycles. The van der Waals surface area contributed by atoms with Gasteiger partial charge in [0.15, 0.2) is 0 Å². The molecule has 170 valence electrons. The molecule has 34 heavy (non-hydrogen) atoms. The molecular weight excluding hydrogens is 450 g/mol. The van der Waals surface area contributed by atoms with Gasteiger partial charge >= 0.3 is 0 Å². The van der Waals surface area contributed by atoms with Gasteiger partial charge in [-0.15, -0.1) is 0 Å². The number of ether oxygens (including phenoxy) is 1. The van der Waals surface area contributed by atoms with Gasteiger partial charge in [-0.05, 0) is 62.2 Å². The Balaban J connectivity index is 1.51. The Morgan fingerprint density at radius 3 is 2.62 bits per heavy atom. The summed E-state index contributed by atoms with van der Waals surface area (Å²) in [5.41, 5.74) is 4.82. The molecule has 0 atom stereocenters. The normalized spacial score (nSPS) is 10.6. The number of aromatic nitrogens is 3. The van der Waals surface area contributed by atoms with Crippen LogP contribution < -0.4 is 10.1 Å². The Morgan fingerprint density at radius 2 is 1.91 bits per heavy atom. The molecule has 2 aromatic heterocycles. The Hall–Kier alpha value is -4.15. The van der Waals surface area contributed by atoms with Gasteiger partial charge in [-0.25, -0.2) is 9.67 Å². The molecular formula is C26H22ClN5O2. The lowest BCUT2D eigenvalue weighted by Crippen LogP contribution is -2.14. The average molecular weight is 472 g/mol. The van der Waals surface area contributed by atoms with Crippen LogP contribution in [0.2, 0.25) is 5.15 Å². The predicted octanol–water partition coefficient (Wildman–Crippen LogP) is 5.82. The molecule has 8 heteroatoms. The van der Waals surface area contributed by atoms with Gasteiger partial charge in [-0.2, -0.15) is 10.4 Å². The van der Waals surface area contributed by atoms with Crippen LogP contribution in [0.3, 0.4) is 0 Å². The monoisotopic (exact) mass is 471 g/mol. The Bertz CT molecular complexity index is 1400. The van der Waals surface area contributed by atoms with E-state index in [1.807, 2.05) is 38.1 Å². The van der Waals surface area contributed by atoms with Gasteiger partial charge in [0, 0.05) is 11.9 Å². The van der Waals surface area contributed by atoms with Crippen LogP contribution in [0.1, 0.15) is 38.3 Å². The summed E-state index contributed by atoms with van der Waals surface area (Å²) in [4.78, 5) is 17.2. The highest BCUT2D eigenvalue weighted by Gasteiger charge is 2.21. The zero-order chi connectivity index (χ0) is 24.2. The molecule has 0 fully saturated rings. The lowest BCUT2D eigenvalue weighted by Gasteiger charge is -2.11. The van der Waals surface area contributed by atoms with Crippen molar-refractivity contribution < 1.29 is 9.53 Å². The van der Waals surface area contributed by atoms with Gasteiger partial charge in [0.05, 0.1) is 17.8 Å². The summed E-state index contributed by atoms with van der Waals surface area (Å²) in [6.07, 6.45) is 1.56. The van der Waals surface area contributed by atoms with E-state index in [2.05, 4.69) is 21.5 Å². The minimum atomic E-state index is -0.342. The van der Waals surface area contributed by atoms with Crippen molar-refractivity contribution in [3.63, 3.8) is 0 Å². The van der Waals surface area contributed by atoms with Crippen molar-refractivity contribution in [2.24, 2.45) is 0 Å². The first kappa shape index (κ1) is 23.0. The average Bonchev–Trinajstić information content (AvgIpc) is 3.10. The third kappa shape index (κ3) is 4.92. The first-order chi connectivity index (χ1) is 16.4. The van der Waals surface area contributed by atoms with Crippen molar-refractivity contribution in [3.05, 3.63) is 99.5 Å². The molecule has 0 saturated heterocycles. The van der Waals surface area contributed by atoms with Crippen LogP contribution in [0.5, 0.6) is 11.6 Å². The van der Waals surface area contributed by atoms with E-state index in [-0.39, 0.29) is 16.9 Å². The number of hydrogen-bond donors (Lipinski definition) is 1. The van der Waals surface area contributed by atoms with Crippen LogP contribution in [0, 0.1) is 32.1 Å². The van der Waals surface area contributed by atoms with Crippen molar-refractivity contribution in [1.82, 2.24) is 14.8 Å². The number of rotatable bonds is 6. The van der Waals surface area contributed by atoms with E-state index >= 15 is 0 Å². The number of aryl methyl sites for hydroxylation is 3. The molecule has 0 radical (unpaired) electrons. The third-order valence-electron chi connectivity index (χ3n) is 5.30. The molecule has 1 amide bonds. The van der Waals surface area contributed by atoms with Crippen molar-refractivity contribution in [3.8, 4) is 17.7 Å². The van der Waals surface area contributed by atoms with Crippen LogP contribution in [-0.2, 0) is 6.54 Å². The van der Waals surface area contributed by atoms with Crippen LogP contribution in [0.15, 0.2) is 60.8 Å². The topological polar surface area (TPSA) is 92.8 Å². The number of carbonyl (C=O) groups excluding carboxylic acids is 1. The zero-order valence-corrected chi connectivity index (χ0v) is 19.7. The first-order valence-corrected chi connectivity index (χ1v) is 11.0. The molecule has 0 saturated carbocycles. The molecule has 7 nitrogen and oxygen atoms in total. The summed E-state index contributed by atoms with van der Waals surface area (Å²) in [5.74, 6) is 0.390. The van der Waals surface area contributed by atoms with Crippen molar-refractivity contribution >= 4 is 23.2 Å². The second-order valence-corrected chi connectivity index (χ2v) is 8.25. The van der Waals surface area contributed by atoms with E-state index < -0.39 is 0 Å². The molecule has 2 heterocycles. The molecule has 0 aliphatic heterocycles. The number of anilines is 1. The summed E-state index contributed by atoms with van der Waals surface area (Å²) in [7, 11) is 0. The van der Waals surface area contributed by atoms with E-state index in [0.29, 0.717) is 34.8 Å². The third-order valence-corrected chi connectivity index (χ3v) is 5.68. The standard InChI is InChI=1S/C26H22ClN5O2/c1-16-6-8-19(9-7-16)15-32-24(27)23(18(3)31-32)25(33)30-22-11-10-21(13-17(22)2)34-26-20(14-28)5-4-12-29-26/h4-13H,15H2,1-3H3,(H,30,33). The summed E-state index contributed by atoms with van der Waals surface area (Å²) in [6, 6.07) is 18.6. The van der Waals surface area contributed by atoms with Crippen molar-refractivity contribution in [1.29, 1.82) is 5.26 Å². The second-order valence-electron chi connectivity index (χ2n) is 7.90. The maximum absolute atomic E-state index is 13.1. The lowest BCUT2D eigenvalue weighted by atomic mass is 10.1. The number of nitrogens with zero attached hydrogens (tertiary/aromatic N) is 4. The van der Waals surface area contributed by atoms with Gasteiger partial charge in [-0.1, -0.05) is 41.4 Å². The van der Waals surface area contributed by atoms with Crippen molar-refractivity contribution in [2.75, 3.05) is 5.32 Å². The van der Waals surface area contributed by atoms with Crippen LogP contribution >= 0.6 is 11.6 Å². The molecule has 0 aliphatic rings. The number of pyridine rings is 1. The highest BCUT2D eigenvalue weighted by Crippen LogP contribution is 2.28. The highest BCUT2D eigenvalue weighted by atomic mass is 35.5. The Morgan fingerprint density at radius 1 is 1.15 bits per heavy atom. The SMILES string of the molecule is Cc1ccc(Cn2nc(C)c(C(=O)Nc3ccc(Oc4ncccc4C#N)cc3C)c2Cl)cc1. The maximum atomic E-state index is 13.1. The Labute approximate surface area is 202 Å². The molecule has 2 aromatic carbocycles. The fraction of sp³-hybridized carbons (Fsp3) is 0.154. The van der Waals surface area contributed by atoms with Crippen molar-refractivity contribution in [2.45, 2.75) is 27.3 Å². The fourth-order valence-corrected chi connectivity index (χ4v) is 3.80. The van der Waals surface area contributed by atoms with E-state index in [4.69, 9.17) is 16.3 Å². The van der Waals surface area contributed by atoms with Crippen LogP contribution in [-0.4, -0.2) is 20.7 Å². The van der Waals surface area contributed by atoms with E-state index in [0.717, 1.165) is 11.1 Å². The van der Waals surface area contributed by atoms with E-state index in [9.17, 15) is 10.1 Å². The summed E-state index contributed by atoms with van der Waals surface area (Å²) in [6.45, 7) is 6.10. The number of carbonyl (C=O) groups is 1. The quantitative estimate of drug-likeness (QED) is 0.382. The summed E-state index contributed by atoms with van der Waals surface area (Å²) < 4.78 is 7.38. The van der Waals surface area contributed by atoms with Crippen LogP contribution in [0.25, 0.3) is 0 Å². The summed E-state index contributed by atoms with van der Waals surface area (Å²) >= 11 is 6.54. The lowest BCUT2D eigenvalue weighted by molar-refractivity contribution is 0.102. The minimum Gasteiger partial charge on any atom is -0.438 e. The minimum absolute atomic E-state index is 0.226. The highest BCUT2D eigenvalue weighted by molar-refractivity contribution is 6.33. The van der Waals surface area contributed by atoms with Gasteiger partial charge < -0.3 is 10.1 Å². The van der Waals surface area contributed by atoms with Gasteiger partial charge in [-0.3, -0.25) is 4.79 Å². The van der Waals surface area contributed by atoms with Gasteiger partial charge in [0.1, 0.15) is 22.5 Å². The second kappa shape index (κ2) is 9.77. The number of nitrogens with one attached hydrogen (secondary N) is 1. The smallest absolute Gasteiger partial charge is 0.260 e. The molecule has 0 unspecified atom stereocenters. The molecule has 4 rings (SSSR count). The number of nitriles is 1. The number of halogens is 1. The Kier molecular flexibility index (Phi) is 6.62. The molecule has 4 aromatic rings. The maximum Gasteiger partial charge on any atom is 0.260 e. The number of amides is 1. The van der Waals surface area contributed by atoms with Gasteiger partial charge in [0.25, 0.3) is 5.91 Å². The molecule has 0 spiro atoms. The number of benzene rings is 2. The van der Waals surface area contributed by atoms with E-state index in [1.165, 1.54) is 5.56 Å². The fourth-order valence-electron chi connectivity index (χ4n) is 3.48. The zero-order valence-electron chi connectivity index (χ0n) is 19.0. The van der Waals surface area contributed by atoms with E-state index in [1.54, 1.807) is 48.1 Å². The molecule has 1 N–H and O–H groups in total. The largest absolute Gasteiger partial charge is 0.438 e. The van der Waals surface area contributed by atoms with Gasteiger partial charge in [0.2, 0.25) is 5.88 Å². The first-order valence-electron chi connectivity index (χ1n) is 10.6.